The second-order valence-corrected chi connectivity index (χ2v) is 4.66. The van der Waals surface area contributed by atoms with Gasteiger partial charge in [-0.1, -0.05) is 0 Å². The Morgan fingerprint density at radius 2 is 1.67 bits per heavy atom. The number of carbonyl (C=O) groups is 2. The van der Waals surface area contributed by atoms with E-state index in [0.29, 0.717) is 4.90 Å². The minimum absolute atomic E-state index is 0.133. The fourth-order valence-corrected chi connectivity index (χ4v) is 2.18. The molecule has 0 N–H and O–H groups in total. The first kappa shape index (κ1) is 17.6. The molecule has 122 valence electrons. The highest BCUT2D eigenvalue weighted by atomic mass is 19.4. The SMILES string of the molecule is COC(=O)C1CCCN(C(=O)C(C(F)(F)F)C(F)(F)F)C1. The van der Waals surface area contributed by atoms with Crippen molar-refractivity contribution in [3.8, 4) is 0 Å². The lowest BCUT2D eigenvalue weighted by molar-refractivity contribution is -0.277. The number of nitrogens with zero attached hydrogens (tertiary/aromatic N) is 1. The summed E-state index contributed by atoms with van der Waals surface area (Å²) in [6.07, 6.45) is -11.1. The van der Waals surface area contributed by atoms with E-state index in [2.05, 4.69) is 4.74 Å². The predicted molar refractivity (Wildman–Crippen MR) is 56.9 cm³/mol. The molecule has 1 aliphatic heterocycles. The number of esters is 1. The van der Waals surface area contributed by atoms with E-state index in [-0.39, 0.29) is 19.4 Å². The largest absolute Gasteiger partial charge is 0.469 e. The smallest absolute Gasteiger partial charge is 0.409 e. The molecule has 0 aromatic carbocycles. The lowest BCUT2D eigenvalue weighted by Crippen LogP contribution is -2.52. The van der Waals surface area contributed by atoms with Crippen molar-refractivity contribution in [2.45, 2.75) is 25.2 Å². The Morgan fingerprint density at radius 1 is 1.14 bits per heavy atom. The number of alkyl halides is 6. The Labute approximate surface area is 116 Å². The summed E-state index contributed by atoms with van der Waals surface area (Å²) < 4.78 is 79.3. The molecule has 4 nitrogen and oxygen atoms in total. The molecule has 0 saturated carbocycles. The zero-order chi connectivity index (χ0) is 16.4. The molecule has 1 aliphatic rings. The third-order valence-corrected chi connectivity index (χ3v) is 3.17. The van der Waals surface area contributed by atoms with Crippen molar-refractivity contribution in [2.24, 2.45) is 11.8 Å². The quantitative estimate of drug-likeness (QED) is 0.578. The molecule has 21 heavy (non-hydrogen) atoms. The standard InChI is InChI=1S/C11H13F6NO3/c1-21-9(20)6-3-2-4-18(5-6)8(19)7(10(12,13)14)11(15,16)17/h6-7H,2-5H2,1H3. The maximum atomic E-state index is 12.5. The number of hydrogen-bond donors (Lipinski definition) is 0. The second kappa shape index (κ2) is 6.10. The molecule has 0 aromatic rings. The summed E-state index contributed by atoms with van der Waals surface area (Å²) in [4.78, 5) is 23.3. The van der Waals surface area contributed by atoms with E-state index in [0.717, 1.165) is 7.11 Å². The fourth-order valence-electron chi connectivity index (χ4n) is 2.18. The van der Waals surface area contributed by atoms with Crippen LogP contribution in [0, 0.1) is 11.8 Å². The maximum Gasteiger partial charge on any atom is 0.409 e. The van der Waals surface area contributed by atoms with Gasteiger partial charge in [0.15, 0.2) is 0 Å². The third kappa shape index (κ3) is 4.24. The number of ether oxygens (including phenoxy) is 1. The summed E-state index contributed by atoms with van der Waals surface area (Å²) in [6.45, 7) is -0.761. The van der Waals surface area contributed by atoms with Gasteiger partial charge >= 0.3 is 18.3 Å². The van der Waals surface area contributed by atoms with Crippen LogP contribution >= 0.6 is 0 Å². The number of halogens is 6. The van der Waals surface area contributed by atoms with Crippen molar-refractivity contribution in [1.82, 2.24) is 4.90 Å². The van der Waals surface area contributed by atoms with Gasteiger partial charge in [-0.3, -0.25) is 9.59 Å². The van der Waals surface area contributed by atoms with Gasteiger partial charge in [-0.05, 0) is 12.8 Å². The normalized spacial score (nSPS) is 20.6. The topological polar surface area (TPSA) is 46.6 Å². The molecule has 10 heteroatoms. The van der Waals surface area contributed by atoms with Crippen molar-refractivity contribution >= 4 is 11.9 Å². The molecule has 0 spiro atoms. The van der Waals surface area contributed by atoms with Gasteiger partial charge < -0.3 is 9.64 Å². The van der Waals surface area contributed by atoms with E-state index in [4.69, 9.17) is 0 Å². The van der Waals surface area contributed by atoms with Crippen LogP contribution in [0.4, 0.5) is 26.3 Å². The molecule has 1 amide bonds. The molecule has 1 atom stereocenters. The van der Waals surface area contributed by atoms with Crippen LogP contribution in [-0.4, -0.2) is 49.3 Å². The molecule has 0 aromatic heterocycles. The van der Waals surface area contributed by atoms with E-state index in [1.165, 1.54) is 0 Å². The molecule has 0 radical (unpaired) electrons. The van der Waals surface area contributed by atoms with Gasteiger partial charge in [-0.15, -0.1) is 0 Å². The molecule has 1 fully saturated rings. The van der Waals surface area contributed by atoms with Crippen LogP contribution in [0.5, 0.6) is 0 Å². The average Bonchev–Trinajstić information content (AvgIpc) is 2.34. The number of methoxy groups -OCH3 is 1. The molecule has 1 rings (SSSR count). The fraction of sp³-hybridized carbons (Fsp3) is 0.818. The van der Waals surface area contributed by atoms with Crippen LogP contribution in [0.3, 0.4) is 0 Å². The minimum Gasteiger partial charge on any atom is -0.469 e. The van der Waals surface area contributed by atoms with Gasteiger partial charge in [-0.2, -0.15) is 26.3 Å². The molecule has 0 aliphatic carbocycles. The Hall–Kier alpha value is -1.48. The van der Waals surface area contributed by atoms with E-state index in [9.17, 15) is 35.9 Å². The first-order chi connectivity index (χ1) is 9.48. The van der Waals surface area contributed by atoms with Crippen LogP contribution < -0.4 is 0 Å². The minimum atomic E-state index is -5.73. The van der Waals surface area contributed by atoms with Gasteiger partial charge in [0.2, 0.25) is 11.8 Å². The Bertz CT molecular complexity index is 392. The maximum absolute atomic E-state index is 12.5. The van der Waals surface area contributed by atoms with Gasteiger partial charge in [0.1, 0.15) is 0 Å². The zero-order valence-corrected chi connectivity index (χ0v) is 10.9. The highest BCUT2D eigenvalue weighted by molar-refractivity contribution is 5.81. The lowest BCUT2D eigenvalue weighted by atomic mass is 9.96. The van der Waals surface area contributed by atoms with Crippen molar-refractivity contribution in [1.29, 1.82) is 0 Å². The first-order valence-corrected chi connectivity index (χ1v) is 5.98. The highest BCUT2D eigenvalue weighted by Gasteiger charge is 2.62. The molecular formula is C11H13F6NO3. The summed E-state index contributed by atoms with van der Waals surface area (Å²) in [5.41, 5.74) is 0. The van der Waals surface area contributed by atoms with Crippen LogP contribution in [0.15, 0.2) is 0 Å². The van der Waals surface area contributed by atoms with E-state index in [1.54, 1.807) is 0 Å². The van der Waals surface area contributed by atoms with Crippen LogP contribution in [0.25, 0.3) is 0 Å². The third-order valence-electron chi connectivity index (χ3n) is 3.17. The summed E-state index contributed by atoms with van der Waals surface area (Å²) in [5.74, 6) is -7.82. The Morgan fingerprint density at radius 3 is 2.10 bits per heavy atom. The van der Waals surface area contributed by atoms with Crippen molar-refractivity contribution in [2.75, 3.05) is 20.2 Å². The zero-order valence-electron chi connectivity index (χ0n) is 10.9. The molecular weight excluding hydrogens is 308 g/mol. The van der Waals surface area contributed by atoms with E-state index >= 15 is 0 Å². The van der Waals surface area contributed by atoms with Crippen LogP contribution in [-0.2, 0) is 14.3 Å². The second-order valence-electron chi connectivity index (χ2n) is 4.66. The molecule has 1 saturated heterocycles. The van der Waals surface area contributed by atoms with Crippen LogP contribution in [0.2, 0.25) is 0 Å². The summed E-state index contributed by atoms with van der Waals surface area (Å²) >= 11 is 0. The first-order valence-electron chi connectivity index (χ1n) is 5.98. The van der Waals surface area contributed by atoms with Gasteiger partial charge in [0.05, 0.1) is 13.0 Å². The Kier molecular flexibility index (Phi) is 5.11. The summed E-state index contributed by atoms with van der Waals surface area (Å²) in [6, 6.07) is 0. The van der Waals surface area contributed by atoms with Crippen molar-refractivity contribution in [3.05, 3.63) is 0 Å². The van der Waals surface area contributed by atoms with Crippen LogP contribution in [0.1, 0.15) is 12.8 Å². The van der Waals surface area contributed by atoms with E-state index in [1.807, 2.05) is 0 Å². The van der Waals surface area contributed by atoms with Gasteiger partial charge in [0, 0.05) is 13.1 Å². The number of piperidine rings is 1. The van der Waals surface area contributed by atoms with Gasteiger partial charge in [-0.25, -0.2) is 0 Å². The number of amides is 1. The number of rotatable bonds is 2. The Balaban J connectivity index is 2.92. The number of hydrogen-bond acceptors (Lipinski definition) is 3. The summed E-state index contributed by atoms with van der Waals surface area (Å²) in [7, 11) is 1.05. The molecule has 1 unspecified atom stereocenters. The molecule has 1 heterocycles. The predicted octanol–water partition coefficient (Wildman–Crippen LogP) is 2.14. The van der Waals surface area contributed by atoms with Crippen molar-refractivity contribution in [3.63, 3.8) is 0 Å². The van der Waals surface area contributed by atoms with Crippen molar-refractivity contribution < 1.29 is 40.7 Å². The average molecular weight is 321 g/mol. The monoisotopic (exact) mass is 321 g/mol. The number of carbonyl (C=O) groups excluding carboxylic acids is 2. The number of likely N-dealkylation sites (tertiary alicyclic amines) is 1. The summed E-state index contributed by atoms with van der Waals surface area (Å²) in [5, 5.41) is 0. The highest BCUT2D eigenvalue weighted by Crippen LogP contribution is 2.40. The molecule has 0 bridgehead atoms. The lowest BCUT2D eigenvalue weighted by Gasteiger charge is -2.34. The van der Waals surface area contributed by atoms with Gasteiger partial charge in [0.25, 0.3) is 0 Å². The van der Waals surface area contributed by atoms with E-state index < -0.39 is 42.6 Å².